The number of halogens is 1. The Balaban J connectivity index is 1.51. The summed E-state index contributed by atoms with van der Waals surface area (Å²) in [5.41, 5.74) is 1.07. The third-order valence-corrected chi connectivity index (χ3v) is 3.10. The van der Waals surface area contributed by atoms with Crippen LogP contribution in [0.1, 0.15) is 18.4 Å². The van der Waals surface area contributed by atoms with E-state index in [1.54, 1.807) is 18.3 Å². The van der Waals surface area contributed by atoms with Gasteiger partial charge in [0.2, 0.25) is 5.95 Å². The van der Waals surface area contributed by atoms with Crippen molar-refractivity contribution in [2.45, 2.75) is 25.3 Å². The number of nitrogens with zero attached hydrogens (tertiary/aromatic N) is 3. The van der Waals surface area contributed by atoms with Crippen molar-refractivity contribution in [2.75, 3.05) is 17.2 Å². The Kier molecular flexibility index (Phi) is 3.71. The maximum atomic E-state index is 12.8. The van der Waals surface area contributed by atoms with E-state index in [9.17, 15) is 4.39 Å². The van der Waals surface area contributed by atoms with Gasteiger partial charge in [0.05, 0.1) is 6.20 Å². The van der Waals surface area contributed by atoms with Gasteiger partial charge in [-0.3, -0.25) is 0 Å². The molecule has 5 nitrogen and oxygen atoms in total. The fourth-order valence-corrected chi connectivity index (χ4v) is 1.85. The highest BCUT2D eigenvalue weighted by Crippen LogP contribution is 2.23. The second-order valence-electron chi connectivity index (χ2n) is 4.89. The van der Waals surface area contributed by atoms with Gasteiger partial charge in [0.25, 0.3) is 0 Å². The first-order valence-corrected chi connectivity index (χ1v) is 6.74. The summed E-state index contributed by atoms with van der Waals surface area (Å²) in [6.07, 6.45) is 4.79. The lowest BCUT2D eigenvalue weighted by Crippen LogP contribution is -2.11. The Morgan fingerprint density at radius 2 is 2.00 bits per heavy atom. The van der Waals surface area contributed by atoms with E-state index in [1.807, 2.05) is 0 Å². The second kappa shape index (κ2) is 5.81. The lowest BCUT2D eigenvalue weighted by Gasteiger charge is -2.06. The van der Waals surface area contributed by atoms with Gasteiger partial charge in [0, 0.05) is 12.6 Å². The van der Waals surface area contributed by atoms with E-state index in [0.717, 1.165) is 17.8 Å². The van der Waals surface area contributed by atoms with Gasteiger partial charge in [-0.2, -0.15) is 10.1 Å². The van der Waals surface area contributed by atoms with Crippen LogP contribution < -0.4 is 10.6 Å². The average molecular weight is 273 g/mol. The Morgan fingerprint density at radius 3 is 2.75 bits per heavy atom. The molecular formula is C14H16FN5. The summed E-state index contributed by atoms with van der Waals surface area (Å²) in [5.74, 6) is 1.05. The molecule has 0 unspecified atom stereocenters. The van der Waals surface area contributed by atoms with E-state index in [-0.39, 0.29) is 5.82 Å². The van der Waals surface area contributed by atoms with Gasteiger partial charge in [-0.25, -0.2) is 4.39 Å². The second-order valence-corrected chi connectivity index (χ2v) is 4.89. The molecule has 1 aromatic heterocycles. The van der Waals surface area contributed by atoms with Gasteiger partial charge in [0.1, 0.15) is 5.82 Å². The first kappa shape index (κ1) is 12.8. The average Bonchev–Trinajstić information content (AvgIpc) is 3.26. The van der Waals surface area contributed by atoms with Crippen molar-refractivity contribution in [3.05, 3.63) is 41.8 Å². The highest BCUT2D eigenvalue weighted by molar-refractivity contribution is 5.39. The molecule has 20 heavy (non-hydrogen) atoms. The molecule has 1 fully saturated rings. The molecule has 1 aliphatic carbocycles. The van der Waals surface area contributed by atoms with Crippen LogP contribution in [-0.2, 0) is 6.42 Å². The minimum atomic E-state index is -0.215. The first-order valence-electron chi connectivity index (χ1n) is 6.74. The van der Waals surface area contributed by atoms with E-state index in [1.165, 1.54) is 25.0 Å². The smallest absolute Gasteiger partial charge is 0.244 e. The molecule has 1 aromatic carbocycles. The zero-order valence-corrected chi connectivity index (χ0v) is 11.0. The van der Waals surface area contributed by atoms with Gasteiger partial charge in [-0.15, -0.1) is 5.10 Å². The van der Waals surface area contributed by atoms with Crippen LogP contribution in [0.15, 0.2) is 30.5 Å². The largest absolute Gasteiger partial charge is 0.366 e. The molecule has 3 rings (SSSR count). The Morgan fingerprint density at radius 1 is 1.20 bits per heavy atom. The molecule has 1 aliphatic rings. The molecule has 0 aliphatic heterocycles. The fourth-order valence-electron chi connectivity index (χ4n) is 1.85. The third-order valence-electron chi connectivity index (χ3n) is 3.10. The lowest BCUT2D eigenvalue weighted by atomic mass is 10.1. The molecule has 1 heterocycles. The van der Waals surface area contributed by atoms with Crippen molar-refractivity contribution < 1.29 is 4.39 Å². The van der Waals surface area contributed by atoms with Crippen LogP contribution in [0.4, 0.5) is 16.2 Å². The van der Waals surface area contributed by atoms with Crippen LogP contribution in [-0.4, -0.2) is 27.8 Å². The molecule has 2 N–H and O–H groups in total. The molecule has 6 heteroatoms. The normalized spacial score (nSPS) is 14.1. The number of rotatable bonds is 6. The van der Waals surface area contributed by atoms with Gasteiger partial charge in [0.15, 0.2) is 5.82 Å². The summed E-state index contributed by atoms with van der Waals surface area (Å²) in [4.78, 5) is 4.34. The van der Waals surface area contributed by atoms with E-state index >= 15 is 0 Å². The maximum absolute atomic E-state index is 12.8. The number of hydrogen-bond acceptors (Lipinski definition) is 5. The van der Waals surface area contributed by atoms with E-state index in [2.05, 4.69) is 25.8 Å². The predicted molar refractivity (Wildman–Crippen MR) is 75.1 cm³/mol. The molecular weight excluding hydrogens is 257 g/mol. The van der Waals surface area contributed by atoms with Gasteiger partial charge in [-0.05, 0) is 37.0 Å². The van der Waals surface area contributed by atoms with Gasteiger partial charge in [-0.1, -0.05) is 12.1 Å². The molecule has 0 bridgehead atoms. The van der Waals surface area contributed by atoms with E-state index < -0.39 is 0 Å². The van der Waals surface area contributed by atoms with Gasteiger partial charge < -0.3 is 10.6 Å². The van der Waals surface area contributed by atoms with Crippen molar-refractivity contribution in [2.24, 2.45) is 0 Å². The van der Waals surface area contributed by atoms with Crippen LogP contribution >= 0.6 is 0 Å². The van der Waals surface area contributed by atoms with Crippen LogP contribution in [0.5, 0.6) is 0 Å². The standard InChI is InChI=1S/C14H16FN5/c15-11-3-1-10(2-4-11)7-8-16-14-19-13(9-17-20-14)18-12-5-6-12/h1-4,9,12H,5-8H2,(H2,16,18,19,20). The Labute approximate surface area is 116 Å². The summed E-state index contributed by atoms with van der Waals surface area (Å²) in [6.45, 7) is 0.681. The van der Waals surface area contributed by atoms with Crippen molar-refractivity contribution in [1.82, 2.24) is 15.2 Å². The van der Waals surface area contributed by atoms with Crippen molar-refractivity contribution >= 4 is 11.8 Å². The minimum absolute atomic E-state index is 0.215. The summed E-state index contributed by atoms with van der Waals surface area (Å²) in [5, 5.41) is 14.3. The highest BCUT2D eigenvalue weighted by Gasteiger charge is 2.21. The number of anilines is 2. The minimum Gasteiger partial charge on any atom is -0.366 e. The summed E-state index contributed by atoms with van der Waals surface area (Å²) in [6, 6.07) is 7.03. The zero-order chi connectivity index (χ0) is 13.8. The van der Waals surface area contributed by atoms with Crippen molar-refractivity contribution in [1.29, 1.82) is 0 Å². The quantitative estimate of drug-likeness (QED) is 0.845. The van der Waals surface area contributed by atoms with Crippen molar-refractivity contribution in [3.63, 3.8) is 0 Å². The van der Waals surface area contributed by atoms with E-state index in [0.29, 0.717) is 18.5 Å². The lowest BCUT2D eigenvalue weighted by molar-refractivity contribution is 0.627. The number of nitrogens with one attached hydrogen (secondary N) is 2. The number of benzene rings is 1. The first-order chi connectivity index (χ1) is 9.79. The zero-order valence-electron chi connectivity index (χ0n) is 11.0. The molecule has 0 atom stereocenters. The predicted octanol–water partition coefficient (Wildman–Crippen LogP) is 2.24. The van der Waals surface area contributed by atoms with E-state index in [4.69, 9.17) is 0 Å². The summed E-state index contributed by atoms with van der Waals surface area (Å²) in [7, 11) is 0. The summed E-state index contributed by atoms with van der Waals surface area (Å²) >= 11 is 0. The number of hydrogen-bond donors (Lipinski definition) is 2. The highest BCUT2D eigenvalue weighted by atomic mass is 19.1. The van der Waals surface area contributed by atoms with Gasteiger partial charge >= 0.3 is 0 Å². The maximum Gasteiger partial charge on any atom is 0.244 e. The topological polar surface area (TPSA) is 62.7 Å². The van der Waals surface area contributed by atoms with Crippen LogP contribution in [0, 0.1) is 5.82 Å². The Bertz CT molecular complexity index is 568. The molecule has 0 spiro atoms. The molecule has 0 saturated heterocycles. The third kappa shape index (κ3) is 3.63. The molecule has 2 aromatic rings. The Hall–Kier alpha value is -2.24. The molecule has 104 valence electrons. The van der Waals surface area contributed by atoms with Crippen molar-refractivity contribution in [3.8, 4) is 0 Å². The van der Waals surface area contributed by atoms with Crippen LogP contribution in [0.3, 0.4) is 0 Å². The molecule has 0 radical (unpaired) electrons. The molecule has 1 saturated carbocycles. The van der Waals surface area contributed by atoms with Crippen LogP contribution in [0.2, 0.25) is 0 Å². The van der Waals surface area contributed by atoms with Crippen LogP contribution in [0.25, 0.3) is 0 Å². The summed E-state index contributed by atoms with van der Waals surface area (Å²) < 4.78 is 12.8. The number of aromatic nitrogens is 3. The molecule has 0 amide bonds. The fraction of sp³-hybridized carbons (Fsp3) is 0.357. The SMILES string of the molecule is Fc1ccc(CCNc2nncc(NC3CC3)n2)cc1. The monoisotopic (exact) mass is 273 g/mol.